The van der Waals surface area contributed by atoms with Crippen molar-refractivity contribution in [3.8, 4) is 0 Å². The van der Waals surface area contributed by atoms with Crippen molar-refractivity contribution in [1.82, 2.24) is 0 Å². The molecule has 0 radical (unpaired) electrons. The van der Waals surface area contributed by atoms with Gasteiger partial charge in [-0.05, 0) is 0 Å². The number of ether oxygens (including phenoxy) is 2. The average Bonchev–Trinajstić information content (AvgIpc) is 2.21. The van der Waals surface area contributed by atoms with Crippen LogP contribution in [0.2, 0.25) is 0 Å². The summed E-state index contributed by atoms with van der Waals surface area (Å²) < 4.78 is 9.87. The van der Waals surface area contributed by atoms with Crippen molar-refractivity contribution in [2.75, 3.05) is 32.7 Å². The number of amidine groups is 1. The largest absolute Gasteiger partial charge is 0.390 e. The molecule has 0 rings (SSSR count). The van der Waals surface area contributed by atoms with Crippen molar-refractivity contribution in [3.63, 3.8) is 0 Å². The standard InChI is InChI=1S/C7H17N3O3S/c1-12-2-3-13-4-6(11)5-14-7(8)10-9/h6,11H,2-5,9H2,1H3,(H2,8,10). The Morgan fingerprint density at radius 2 is 2.29 bits per heavy atom. The monoisotopic (exact) mass is 223 g/mol. The number of hydrogen-bond donors (Lipinski definition) is 3. The van der Waals surface area contributed by atoms with E-state index in [0.717, 1.165) is 0 Å². The van der Waals surface area contributed by atoms with Crippen LogP contribution in [-0.4, -0.2) is 49.1 Å². The summed E-state index contributed by atoms with van der Waals surface area (Å²) in [4.78, 5) is 0. The van der Waals surface area contributed by atoms with Gasteiger partial charge in [-0.15, -0.1) is 0 Å². The van der Waals surface area contributed by atoms with E-state index in [9.17, 15) is 5.11 Å². The average molecular weight is 223 g/mol. The van der Waals surface area contributed by atoms with Crippen LogP contribution in [-0.2, 0) is 9.47 Å². The third kappa shape index (κ3) is 8.11. The first-order valence-corrected chi connectivity index (χ1v) is 5.10. The fourth-order valence-electron chi connectivity index (χ4n) is 0.629. The Morgan fingerprint density at radius 3 is 2.86 bits per heavy atom. The molecule has 0 aromatic rings. The third-order valence-electron chi connectivity index (χ3n) is 1.29. The van der Waals surface area contributed by atoms with Crippen molar-refractivity contribution >= 4 is 16.9 Å². The number of aliphatic hydroxyl groups is 1. The van der Waals surface area contributed by atoms with Gasteiger partial charge in [0, 0.05) is 12.9 Å². The summed E-state index contributed by atoms with van der Waals surface area (Å²) in [6.07, 6.45) is -0.572. The van der Waals surface area contributed by atoms with E-state index in [1.165, 1.54) is 11.8 Å². The predicted molar refractivity (Wildman–Crippen MR) is 57.0 cm³/mol. The molecule has 0 bridgehead atoms. The zero-order chi connectivity index (χ0) is 10.8. The molecule has 0 saturated carbocycles. The second-order valence-corrected chi connectivity index (χ2v) is 3.54. The minimum Gasteiger partial charge on any atom is -0.390 e. The fraction of sp³-hybridized carbons (Fsp3) is 0.857. The molecule has 0 saturated heterocycles. The topological polar surface area (TPSA) is 103 Å². The molecule has 0 amide bonds. The van der Waals surface area contributed by atoms with Crippen molar-refractivity contribution in [2.45, 2.75) is 6.10 Å². The van der Waals surface area contributed by atoms with Crippen LogP contribution in [0.3, 0.4) is 0 Å². The smallest absolute Gasteiger partial charge is 0.177 e. The molecular weight excluding hydrogens is 206 g/mol. The fourth-order valence-corrected chi connectivity index (χ4v) is 1.16. The maximum Gasteiger partial charge on any atom is 0.177 e. The Kier molecular flexibility index (Phi) is 8.75. The molecule has 0 aliphatic rings. The maximum atomic E-state index is 9.35. The van der Waals surface area contributed by atoms with Crippen LogP contribution < -0.4 is 11.6 Å². The number of rotatable bonds is 7. The Balaban J connectivity index is 3.32. The Hall–Kier alpha value is -0.500. The molecule has 0 aromatic carbocycles. The maximum absolute atomic E-state index is 9.35. The molecule has 0 fully saturated rings. The lowest BCUT2D eigenvalue weighted by molar-refractivity contribution is 0.0219. The van der Waals surface area contributed by atoms with Crippen LogP contribution in [0.25, 0.3) is 0 Å². The SMILES string of the molecule is COCCOCC(O)CSC(N)=NN. The quantitative estimate of drug-likeness (QED) is 0.167. The number of nitrogens with zero attached hydrogens (tertiary/aromatic N) is 1. The van der Waals surface area contributed by atoms with Gasteiger partial charge in [0.25, 0.3) is 0 Å². The predicted octanol–water partition coefficient (Wildman–Crippen LogP) is -1.07. The number of aliphatic hydroxyl groups excluding tert-OH is 1. The van der Waals surface area contributed by atoms with Crippen molar-refractivity contribution in [1.29, 1.82) is 0 Å². The van der Waals surface area contributed by atoms with Crippen molar-refractivity contribution in [2.24, 2.45) is 16.7 Å². The van der Waals surface area contributed by atoms with Crippen LogP contribution in [0.5, 0.6) is 0 Å². The summed E-state index contributed by atoms with van der Waals surface area (Å²) in [7, 11) is 1.59. The van der Waals surface area contributed by atoms with Gasteiger partial charge in [-0.25, -0.2) is 0 Å². The van der Waals surface area contributed by atoms with Crippen LogP contribution in [0, 0.1) is 0 Å². The molecule has 0 aliphatic heterocycles. The lowest BCUT2D eigenvalue weighted by Crippen LogP contribution is -2.22. The third-order valence-corrected chi connectivity index (χ3v) is 2.25. The molecule has 1 unspecified atom stereocenters. The number of nitrogens with two attached hydrogens (primary N) is 2. The lowest BCUT2D eigenvalue weighted by atomic mass is 10.4. The second-order valence-electron chi connectivity index (χ2n) is 2.50. The summed E-state index contributed by atoms with van der Waals surface area (Å²) in [5.41, 5.74) is 5.31. The van der Waals surface area contributed by atoms with E-state index in [1.807, 2.05) is 0 Å². The molecule has 84 valence electrons. The normalized spacial score (nSPS) is 14.3. The highest BCUT2D eigenvalue weighted by molar-refractivity contribution is 8.13. The molecule has 7 heteroatoms. The minimum atomic E-state index is -0.572. The molecule has 14 heavy (non-hydrogen) atoms. The molecule has 5 N–H and O–H groups in total. The second kappa shape index (κ2) is 9.07. The van der Waals surface area contributed by atoms with E-state index in [4.69, 9.17) is 21.1 Å². The van der Waals surface area contributed by atoms with Crippen molar-refractivity contribution < 1.29 is 14.6 Å². The van der Waals surface area contributed by atoms with Gasteiger partial charge < -0.3 is 26.2 Å². The number of hydrazone groups is 1. The molecule has 0 spiro atoms. The number of thioether (sulfide) groups is 1. The number of hydrogen-bond acceptors (Lipinski definition) is 6. The summed E-state index contributed by atoms with van der Waals surface area (Å²) in [5.74, 6) is 5.33. The van der Waals surface area contributed by atoms with Gasteiger partial charge in [0.05, 0.1) is 25.9 Å². The van der Waals surface area contributed by atoms with Crippen molar-refractivity contribution in [3.05, 3.63) is 0 Å². The molecule has 0 heterocycles. The van der Waals surface area contributed by atoms with E-state index in [0.29, 0.717) is 19.0 Å². The van der Waals surface area contributed by atoms with Crippen LogP contribution in [0.1, 0.15) is 0 Å². The molecule has 0 aliphatic carbocycles. The summed E-state index contributed by atoms with van der Waals surface area (Å²) >= 11 is 1.19. The van der Waals surface area contributed by atoms with Crippen LogP contribution in [0.15, 0.2) is 5.10 Å². The summed E-state index contributed by atoms with van der Waals surface area (Å²) in [5, 5.41) is 12.9. The lowest BCUT2D eigenvalue weighted by Gasteiger charge is -2.09. The first-order valence-electron chi connectivity index (χ1n) is 4.11. The van der Waals surface area contributed by atoms with Gasteiger partial charge in [0.15, 0.2) is 5.17 Å². The van der Waals surface area contributed by atoms with E-state index < -0.39 is 6.10 Å². The van der Waals surface area contributed by atoms with E-state index >= 15 is 0 Å². The van der Waals surface area contributed by atoms with Crippen LogP contribution in [0.4, 0.5) is 0 Å². The Morgan fingerprint density at radius 1 is 1.57 bits per heavy atom. The highest BCUT2D eigenvalue weighted by Gasteiger charge is 2.05. The van der Waals surface area contributed by atoms with Gasteiger partial charge in [-0.3, -0.25) is 0 Å². The first-order chi connectivity index (χ1) is 6.70. The number of methoxy groups -OCH3 is 1. The van der Waals surface area contributed by atoms with E-state index in [1.54, 1.807) is 7.11 Å². The highest BCUT2D eigenvalue weighted by Crippen LogP contribution is 2.02. The van der Waals surface area contributed by atoms with E-state index in [2.05, 4.69) is 5.10 Å². The first kappa shape index (κ1) is 13.5. The molecular formula is C7H17N3O3S. The zero-order valence-corrected chi connectivity index (χ0v) is 9.00. The van der Waals surface area contributed by atoms with E-state index in [-0.39, 0.29) is 11.8 Å². The molecule has 1 atom stereocenters. The van der Waals surface area contributed by atoms with Gasteiger partial charge in [0.2, 0.25) is 0 Å². The zero-order valence-electron chi connectivity index (χ0n) is 8.18. The highest BCUT2D eigenvalue weighted by atomic mass is 32.2. The minimum absolute atomic E-state index is 0.251. The Bertz CT molecular complexity index is 168. The summed E-state index contributed by atoms with van der Waals surface area (Å²) in [6.45, 7) is 1.25. The van der Waals surface area contributed by atoms with Crippen LogP contribution >= 0.6 is 11.8 Å². The van der Waals surface area contributed by atoms with Gasteiger partial charge in [-0.2, -0.15) is 5.10 Å². The molecule has 0 aromatic heterocycles. The summed E-state index contributed by atoms with van der Waals surface area (Å²) in [6, 6.07) is 0. The Labute approximate surface area is 87.6 Å². The van der Waals surface area contributed by atoms with Gasteiger partial charge >= 0.3 is 0 Å². The van der Waals surface area contributed by atoms with Gasteiger partial charge in [0.1, 0.15) is 0 Å². The van der Waals surface area contributed by atoms with Gasteiger partial charge in [-0.1, -0.05) is 11.8 Å². The molecule has 6 nitrogen and oxygen atoms in total.